The van der Waals surface area contributed by atoms with Crippen molar-refractivity contribution in [1.82, 2.24) is 9.88 Å². The zero-order valence-electron chi connectivity index (χ0n) is 10.3. The summed E-state index contributed by atoms with van der Waals surface area (Å²) in [7, 11) is 0. The average molecular weight is 247 g/mol. The van der Waals surface area contributed by atoms with Gasteiger partial charge >= 0.3 is 0 Å². The number of rotatable bonds is 3. The van der Waals surface area contributed by atoms with Gasteiger partial charge in [0.2, 0.25) is 11.8 Å². The van der Waals surface area contributed by atoms with Crippen LogP contribution < -0.4 is 5.32 Å². The quantitative estimate of drug-likeness (QED) is 0.878. The third-order valence-electron chi connectivity index (χ3n) is 2.97. The Morgan fingerprint density at radius 3 is 2.83 bits per heavy atom. The second-order valence-corrected chi connectivity index (χ2v) is 4.41. The van der Waals surface area contributed by atoms with Crippen molar-refractivity contribution in [3.05, 3.63) is 24.5 Å². The molecule has 1 aromatic heterocycles. The highest BCUT2D eigenvalue weighted by atomic mass is 16.2. The number of carbonyl (C=O) groups excluding carboxylic acids is 2. The van der Waals surface area contributed by atoms with E-state index in [9.17, 15) is 9.59 Å². The van der Waals surface area contributed by atoms with Crippen LogP contribution in [0.3, 0.4) is 0 Å². The summed E-state index contributed by atoms with van der Waals surface area (Å²) in [5, 5.41) is 2.76. The number of amides is 2. The smallest absolute Gasteiger partial charge is 0.243 e. The van der Waals surface area contributed by atoms with Crippen molar-refractivity contribution in [2.75, 3.05) is 18.4 Å². The van der Waals surface area contributed by atoms with Gasteiger partial charge in [-0.25, -0.2) is 0 Å². The van der Waals surface area contributed by atoms with Gasteiger partial charge in [0.1, 0.15) is 0 Å². The highest BCUT2D eigenvalue weighted by Crippen LogP contribution is 2.11. The van der Waals surface area contributed by atoms with Gasteiger partial charge in [0.15, 0.2) is 0 Å². The lowest BCUT2D eigenvalue weighted by molar-refractivity contribution is -0.134. The average Bonchev–Trinajstić information content (AvgIpc) is 2.56. The molecule has 0 bridgehead atoms. The van der Waals surface area contributed by atoms with E-state index < -0.39 is 0 Å². The van der Waals surface area contributed by atoms with Crippen LogP contribution in [0.5, 0.6) is 0 Å². The Morgan fingerprint density at radius 2 is 2.06 bits per heavy atom. The van der Waals surface area contributed by atoms with Crippen molar-refractivity contribution in [2.24, 2.45) is 0 Å². The fourth-order valence-corrected chi connectivity index (χ4v) is 2.01. The van der Waals surface area contributed by atoms with Crippen LogP contribution in [0.2, 0.25) is 0 Å². The minimum Gasteiger partial charge on any atom is -0.333 e. The molecular formula is C13H17N3O2. The van der Waals surface area contributed by atoms with Gasteiger partial charge < -0.3 is 10.2 Å². The number of carbonyl (C=O) groups is 2. The first-order chi connectivity index (χ1) is 8.75. The Balaban J connectivity index is 1.88. The minimum absolute atomic E-state index is 0.0809. The van der Waals surface area contributed by atoms with Crippen LogP contribution >= 0.6 is 0 Å². The van der Waals surface area contributed by atoms with E-state index in [0.717, 1.165) is 19.3 Å². The molecule has 2 heterocycles. The van der Waals surface area contributed by atoms with Crippen molar-refractivity contribution in [1.29, 1.82) is 0 Å². The van der Waals surface area contributed by atoms with Gasteiger partial charge in [-0.1, -0.05) is 6.42 Å². The monoisotopic (exact) mass is 247 g/mol. The van der Waals surface area contributed by atoms with Crippen LogP contribution in [-0.4, -0.2) is 34.8 Å². The number of hydrogen-bond acceptors (Lipinski definition) is 3. The maximum Gasteiger partial charge on any atom is 0.243 e. The first-order valence-electron chi connectivity index (χ1n) is 6.23. The number of hydrogen-bond donors (Lipinski definition) is 1. The highest BCUT2D eigenvalue weighted by Gasteiger charge is 2.18. The van der Waals surface area contributed by atoms with Gasteiger partial charge in [-0.3, -0.25) is 14.6 Å². The van der Waals surface area contributed by atoms with Gasteiger partial charge in [-0.2, -0.15) is 0 Å². The zero-order valence-corrected chi connectivity index (χ0v) is 10.3. The molecule has 1 fully saturated rings. The van der Waals surface area contributed by atoms with Gasteiger partial charge in [-0.05, 0) is 25.0 Å². The molecule has 0 saturated carbocycles. The Kier molecular flexibility index (Phi) is 4.28. The second-order valence-electron chi connectivity index (χ2n) is 4.41. The molecule has 1 aliphatic rings. The Hall–Kier alpha value is -1.91. The van der Waals surface area contributed by atoms with Crippen LogP contribution in [0, 0.1) is 0 Å². The number of pyridine rings is 1. The minimum atomic E-state index is -0.156. The molecule has 0 radical (unpaired) electrons. The molecule has 0 unspecified atom stereocenters. The summed E-state index contributed by atoms with van der Waals surface area (Å²) in [4.78, 5) is 29.1. The van der Waals surface area contributed by atoms with Crippen LogP contribution in [0.25, 0.3) is 0 Å². The molecule has 0 spiro atoms. The van der Waals surface area contributed by atoms with E-state index in [4.69, 9.17) is 0 Å². The molecule has 0 atom stereocenters. The second kappa shape index (κ2) is 6.14. The van der Waals surface area contributed by atoms with Gasteiger partial charge in [0.05, 0.1) is 6.54 Å². The van der Waals surface area contributed by atoms with E-state index in [-0.39, 0.29) is 18.4 Å². The predicted octanol–water partition coefficient (Wildman–Crippen LogP) is 1.42. The number of anilines is 1. The lowest BCUT2D eigenvalue weighted by atomic mass is 10.2. The normalized spacial score (nSPS) is 16.2. The number of likely N-dealkylation sites (tertiary alicyclic amines) is 1. The fourth-order valence-electron chi connectivity index (χ4n) is 2.01. The van der Waals surface area contributed by atoms with E-state index >= 15 is 0 Å². The summed E-state index contributed by atoms with van der Waals surface area (Å²) in [5.74, 6) is -0.0752. The van der Waals surface area contributed by atoms with Crippen molar-refractivity contribution in [2.45, 2.75) is 25.7 Å². The van der Waals surface area contributed by atoms with Crippen LogP contribution in [0.15, 0.2) is 24.5 Å². The summed E-state index contributed by atoms with van der Waals surface area (Å²) < 4.78 is 0. The van der Waals surface area contributed by atoms with Crippen LogP contribution in [0.4, 0.5) is 5.69 Å². The molecule has 1 aromatic rings. The zero-order chi connectivity index (χ0) is 12.8. The molecule has 5 heteroatoms. The molecule has 1 saturated heterocycles. The van der Waals surface area contributed by atoms with E-state index in [0.29, 0.717) is 18.7 Å². The lowest BCUT2D eigenvalue weighted by Gasteiger charge is -2.19. The first-order valence-corrected chi connectivity index (χ1v) is 6.23. The molecule has 1 N–H and O–H groups in total. The third kappa shape index (κ3) is 3.55. The van der Waals surface area contributed by atoms with E-state index in [1.54, 1.807) is 29.4 Å². The molecule has 2 amide bonds. The molecule has 0 aliphatic carbocycles. The maximum absolute atomic E-state index is 11.8. The van der Waals surface area contributed by atoms with Crippen molar-refractivity contribution in [3.63, 3.8) is 0 Å². The maximum atomic E-state index is 11.8. The van der Waals surface area contributed by atoms with E-state index in [2.05, 4.69) is 10.3 Å². The standard InChI is InChI=1S/C13H17N3O2/c17-12(15-11-5-7-14-8-6-11)10-16-9-3-1-2-4-13(16)18/h5-8H,1-4,9-10H2,(H,14,15,17). The van der Waals surface area contributed by atoms with Crippen molar-refractivity contribution >= 4 is 17.5 Å². The SMILES string of the molecule is O=C(CN1CCCCCC1=O)Nc1ccncc1. The molecule has 2 rings (SSSR count). The Labute approximate surface area is 106 Å². The van der Waals surface area contributed by atoms with Gasteiger partial charge in [0, 0.05) is 31.0 Å². The summed E-state index contributed by atoms with van der Waals surface area (Å²) in [6, 6.07) is 3.45. The van der Waals surface area contributed by atoms with Gasteiger partial charge in [-0.15, -0.1) is 0 Å². The van der Waals surface area contributed by atoms with Gasteiger partial charge in [0.25, 0.3) is 0 Å². The van der Waals surface area contributed by atoms with Crippen LogP contribution in [0.1, 0.15) is 25.7 Å². The Bertz CT molecular complexity index is 420. The molecule has 96 valence electrons. The molecular weight excluding hydrogens is 230 g/mol. The molecule has 18 heavy (non-hydrogen) atoms. The lowest BCUT2D eigenvalue weighted by Crippen LogP contribution is -2.37. The summed E-state index contributed by atoms with van der Waals surface area (Å²) >= 11 is 0. The van der Waals surface area contributed by atoms with E-state index in [1.807, 2.05) is 0 Å². The fraction of sp³-hybridized carbons (Fsp3) is 0.462. The first kappa shape index (κ1) is 12.5. The Morgan fingerprint density at radius 1 is 1.28 bits per heavy atom. The summed E-state index contributed by atoms with van der Waals surface area (Å²) in [6.45, 7) is 0.823. The highest BCUT2D eigenvalue weighted by molar-refractivity contribution is 5.94. The molecule has 0 aromatic carbocycles. The van der Waals surface area contributed by atoms with E-state index in [1.165, 1.54) is 0 Å². The topological polar surface area (TPSA) is 62.3 Å². The summed E-state index contributed by atoms with van der Waals surface area (Å²) in [5.41, 5.74) is 0.706. The number of aromatic nitrogens is 1. The number of nitrogens with one attached hydrogen (secondary N) is 1. The number of nitrogens with zero attached hydrogens (tertiary/aromatic N) is 2. The predicted molar refractivity (Wildman–Crippen MR) is 67.9 cm³/mol. The van der Waals surface area contributed by atoms with Crippen molar-refractivity contribution in [3.8, 4) is 0 Å². The third-order valence-corrected chi connectivity index (χ3v) is 2.97. The van der Waals surface area contributed by atoms with Crippen LogP contribution in [-0.2, 0) is 9.59 Å². The molecule has 5 nitrogen and oxygen atoms in total. The van der Waals surface area contributed by atoms with Crippen molar-refractivity contribution < 1.29 is 9.59 Å². The largest absolute Gasteiger partial charge is 0.333 e. The molecule has 1 aliphatic heterocycles. The summed E-state index contributed by atoms with van der Waals surface area (Å²) in [6.07, 6.45) is 6.77.